The molecule has 0 saturated carbocycles. The molecule has 3 rings (SSSR count). The molecule has 2 aromatic heterocycles. The number of thiophene rings is 1. The maximum atomic E-state index is 12.5. The average molecular weight is 345 g/mol. The molecular formula is C18H23N3O2S. The van der Waals surface area contributed by atoms with Crippen LogP contribution in [-0.4, -0.2) is 22.0 Å². The first kappa shape index (κ1) is 16.9. The third-order valence-electron chi connectivity index (χ3n) is 4.72. The van der Waals surface area contributed by atoms with Crippen LogP contribution >= 0.6 is 11.3 Å². The summed E-state index contributed by atoms with van der Waals surface area (Å²) in [6, 6.07) is 0. The number of aryl methyl sites for hydroxylation is 2. The first-order valence-electron chi connectivity index (χ1n) is 8.42. The fraction of sp³-hybridized carbons (Fsp3) is 0.500. The Labute approximate surface area is 145 Å². The van der Waals surface area contributed by atoms with Gasteiger partial charge in [-0.05, 0) is 51.5 Å². The van der Waals surface area contributed by atoms with Crippen molar-refractivity contribution in [3.8, 4) is 0 Å². The maximum absolute atomic E-state index is 12.5. The molecule has 6 heteroatoms. The quantitative estimate of drug-likeness (QED) is 0.865. The van der Waals surface area contributed by atoms with Crippen LogP contribution in [0.1, 0.15) is 53.2 Å². The lowest BCUT2D eigenvalue weighted by atomic mass is 9.97. The second kappa shape index (κ2) is 6.89. The van der Waals surface area contributed by atoms with Crippen LogP contribution in [0, 0.1) is 13.8 Å². The molecule has 2 aromatic rings. The molecule has 0 bridgehead atoms. The number of rotatable bonds is 4. The topological polar surface area (TPSA) is 64.0 Å². The van der Waals surface area contributed by atoms with Crippen molar-refractivity contribution in [3.05, 3.63) is 38.3 Å². The predicted octanol–water partition coefficient (Wildman–Crippen LogP) is 3.23. The van der Waals surface area contributed by atoms with Crippen molar-refractivity contribution in [3.63, 3.8) is 0 Å². The molecule has 1 amide bonds. The van der Waals surface area contributed by atoms with Gasteiger partial charge in [-0.25, -0.2) is 4.98 Å². The van der Waals surface area contributed by atoms with Gasteiger partial charge in [0, 0.05) is 13.6 Å². The summed E-state index contributed by atoms with van der Waals surface area (Å²) in [4.78, 5) is 30.6. The summed E-state index contributed by atoms with van der Waals surface area (Å²) in [7, 11) is 1.71. The Bertz CT molecular complexity index is 876. The van der Waals surface area contributed by atoms with E-state index in [0.29, 0.717) is 27.5 Å². The van der Waals surface area contributed by atoms with E-state index in [0.717, 1.165) is 24.8 Å². The van der Waals surface area contributed by atoms with Crippen molar-refractivity contribution >= 4 is 27.5 Å². The number of carbonyl (C=O) groups excluding carboxylic acids is 1. The van der Waals surface area contributed by atoms with Gasteiger partial charge in [-0.2, -0.15) is 0 Å². The molecule has 0 atom stereocenters. The minimum absolute atomic E-state index is 0.0855. The van der Waals surface area contributed by atoms with E-state index in [-0.39, 0.29) is 11.5 Å². The number of allylic oxidation sites excluding steroid dienone is 1. The Kier molecular flexibility index (Phi) is 4.85. The van der Waals surface area contributed by atoms with Crippen molar-refractivity contribution in [1.82, 2.24) is 14.9 Å². The summed E-state index contributed by atoms with van der Waals surface area (Å²) in [5.41, 5.74) is 2.09. The van der Waals surface area contributed by atoms with Crippen LogP contribution in [-0.2, 0) is 7.05 Å². The van der Waals surface area contributed by atoms with Crippen molar-refractivity contribution in [2.24, 2.45) is 7.05 Å². The lowest BCUT2D eigenvalue weighted by Crippen LogP contribution is -2.25. The molecule has 2 heterocycles. The summed E-state index contributed by atoms with van der Waals surface area (Å²) in [5.74, 6) is 0.552. The van der Waals surface area contributed by atoms with Gasteiger partial charge in [0.15, 0.2) is 0 Å². The lowest BCUT2D eigenvalue weighted by Gasteiger charge is -2.12. The number of amides is 1. The highest BCUT2D eigenvalue weighted by Crippen LogP contribution is 2.27. The molecule has 0 unspecified atom stereocenters. The number of carbonyl (C=O) groups is 1. The van der Waals surface area contributed by atoms with Gasteiger partial charge in [-0.1, -0.05) is 11.6 Å². The molecule has 128 valence electrons. The van der Waals surface area contributed by atoms with Crippen molar-refractivity contribution in [2.75, 3.05) is 6.54 Å². The predicted molar refractivity (Wildman–Crippen MR) is 97.8 cm³/mol. The number of fused-ring (bicyclic) bond motifs is 1. The van der Waals surface area contributed by atoms with Crippen LogP contribution in [0.5, 0.6) is 0 Å². The van der Waals surface area contributed by atoms with E-state index >= 15 is 0 Å². The second-order valence-corrected chi connectivity index (χ2v) is 7.37. The number of aromatic nitrogens is 2. The van der Waals surface area contributed by atoms with Gasteiger partial charge in [0.1, 0.15) is 10.7 Å². The normalized spacial score (nSPS) is 14.7. The zero-order valence-electron chi connectivity index (χ0n) is 14.4. The minimum Gasteiger partial charge on any atom is -0.351 e. The summed E-state index contributed by atoms with van der Waals surface area (Å²) in [6.45, 7) is 4.27. The molecule has 24 heavy (non-hydrogen) atoms. The molecule has 5 nitrogen and oxygen atoms in total. The Morgan fingerprint density at radius 1 is 1.38 bits per heavy atom. The van der Waals surface area contributed by atoms with Gasteiger partial charge < -0.3 is 5.32 Å². The fourth-order valence-electron chi connectivity index (χ4n) is 3.13. The summed E-state index contributed by atoms with van der Waals surface area (Å²) in [5, 5.41) is 3.55. The highest BCUT2D eigenvalue weighted by molar-refractivity contribution is 7.20. The van der Waals surface area contributed by atoms with Gasteiger partial charge in [0.2, 0.25) is 0 Å². The van der Waals surface area contributed by atoms with Crippen LogP contribution < -0.4 is 10.9 Å². The van der Waals surface area contributed by atoms with Gasteiger partial charge in [0.25, 0.3) is 11.5 Å². The highest BCUT2D eigenvalue weighted by Gasteiger charge is 2.19. The molecule has 1 aliphatic carbocycles. The molecular weight excluding hydrogens is 322 g/mol. The largest absolute Gasteiger partial charge is 0.351 e. The Morgan fingerprint density at radius 3 is 2.88 bits per heavy atom. The molecule has 0 aromatic carbocycles. The summed E-state index contributed by atoms with van der Waals surface area (Å²) >= 11 is 1.30. The van der Waals surface area contributed by atoms with E-state index in [1.54, 1.807) is 14.0 Å². The van der Waals surface area contributed by atoms with E-state index in [9.17, 15) is 9.59 Å². The molecule has 1 N–H and O–H groups in total. The van der Waals surface area contributed by atoms with E-state index in [1.165, 1.54) is 34.3 Å². The Hall–Kier alpha value is -1.95. The highest BCUT2D eigenvalue weighted by atomic mass is 32.1. The second-order valence-electron chi connectivity index (χ2n) is 6.37. The van der Waals surface area contributed by atoms with Crippen molar-refractivity contribution < 1.29 is 4.79 Å². The molecule has 0 fully saturated rings. The van der Waals surface area contributed by atoms with E-state index in [1.807, 2.05) is 6.92 Å². The third-order valence-corrected chi connectivity index (χ3v) is 5.90. The number of hydrogen-bond donors (Lipinski definition) is 1. The maximum Gasteiger partial charge on any atom is 0.262 e. The number of hydrogen-bond acceptors (Lipinski definition) is 4. The monoisotopic (exact) mass is 345 g/mol. The average Bonchev–Trinajstić information content (AvgIpc) is 2.90. The van der Waals surface area contributed by atoms with Gasteiger partial charge in [0.05, 0.1) is 10.3 Å². The van der Waals surface area contributed by atoms with Crippen molar-refractivity contribution in [1.29, 1.82) is 0 Å². The smallest absolute Gasteiger partial charge is 0.262 e. The minimum atomic E-state index is -0.105. The molecule has 1 aliphatic rings. The van der Waals surface area contributed by atoms with Crippen LogP contribution in [0.3, 0.4) is 0 Å². The molecule has 0 spiro atoms. The van der Waals surface area contributed by atoms with E-state index in [4.69, 9.17) is 0 Å². The SMILES string of the molecule is Cc1c(C(=O)NCCC2=CCCCC2)sc2nc(C)n(C)c(=O)c12. The van der Waals surface area contributed by atoms with Gasteiger partial charge in [-0.3, -0.25) is 14.2 Å². The zero-order chi connectivity index (χ0) is 17.3. The Morgan fingerprint density at radius 2 is 2.17 bits per heavy atom. The standard InChI is InChI=1S/C18H23N3O2S/c1-11-14-17(20-12(2)21(3)18(14)23)24-15(11)16(22)19-10-9-13-7-5-4-6-8-13/h7H,4-6,8-10H2,1-3H3,(H,19,22). The van der Waals surface area contributed by atoms with E-state index < -0.39 is 0 Å². The van der Waals surface area contributed by atoms with Crippen LogP contribution in [0.2, 0.25) is 0 Å². The lowest BCUT2D eigenvalue weighted by molar-refractivity contribution is 0.0957. The van der Waals surface area contributed by atoms with E-state index in [2.05, 4.69) is 16.4 Å². The number of nitrogens with one attached hydrogen (secondary N) is 1. The van der Waals surface area contributed by atoms with Crippen LogP contribution in [0.4, 0.5) is 0 Å². The molecule has 0 saturated heterocycles. The summed E-state index contributed by atoms with van der Waals surface area (Å²) < 4.78 is 1.53. The van der Waals surface area contributed by atoms with Crippen molar-refractivity contribution in [2.45, 2.75) is 46.0 Å². The van der Waals surface area contributed by atoms with Gasteiger partial charge in [-0.15, -0.1) is 11.3 Å². The van der Waals surface area contributed by atoms with Crippen LogP contribution in [0.15, 0.2) is 16.4 Å². The first-order valence-corrected chi connectivity index (χ1v) is 9.23. The van der Waals surface area contributed by atoms with Crippen LogP contribution in [0.25, 0.3) is 10.2 Å². The van der Waals surface area contributed by atoms with Gasteiger partial charge >= 0.3 is 0 Å². The fourth-order valence-corrected chi connectivity index (χ4v) is 4.26. The molecule has 0 radical (unpaired) electrons. The first-order chi connectivity index (χ1) is 11.5. The molecule has 0 aliphatic heterocycles. The third kappa shape index (κ3) is 3.15. The summed E-state index contributed by atoms with van der Waals surface area (Å²) in [6.07, 6.45) is 8.05. The Balaban J connectivity index is 1.77. The number of nitrogens with zero attached hydrogens (tertiary/aromatic N) is 2. The zero-order valence-corrected chi connectivity index (χ0v) is 15.3.